The van der Waals surface area contributed by atoms with Crippen molar-refractivity contribution in [1.29, 1.82) is 0 Å². The topological polar surface area (TPSA) is 41.8 Å². The van der Waals surface area contributed by atoms with Crippen molar-refractivity contribution in [2.75, 3.05) is 6.67 Å². The van der Waals surface area contributed by atoms with E-state index < -0.39 is 0 Å². The maximum atomic E-state index is 9.38. The summed E-state index contributed by atoms with van der Waals surface area (Å²) in [7, 11) is 1.79. The van der Waals surface area contributed by atoms with Gasteiger partial charge in [-0.25, -0.2) is 9.79 Å². The summed E-state index contributed by atoms with van der Waals surface area (Å²) in [6, 6.07) is 0. The molecule has 0 unspecified atom stereocenters. The van der Waals surface area contributed by atoms with E-state index in [-0.39, 0.29) is 6.67 Å². The first-order valence-electron chi connectivity index (χ1n) is 2.15. The van der Waals surface area contributed by atoms with Crippen LogP contribution in [0.25, 0.3) is 0 Å². The molecule has 0 heterocycles. The molecule has 0 atom stereocenters. The molecule has 0 aromatic carbocycles. The Balaban J connectivity index is 3.45. The van der Waals surface area contributed by atoms with Crippen LogP contribution >= 0.6 is 0 Å². The summed E-state index contributed by atoms with van der Waals surface area (Å²) in [6.45, 7) is 0.133. The normalized spacial score (nSPS) is 6.00. The number of nitrogens with zero attached hydrogens (tertiary/aromatic N) is 2. The fourth-order valence-electron chi connectivity index (χ4n) is 0.196. The molecule has 0 aromatic rings. The number of carbonyl (C=O) groups excluding carboxylic acids is 1. The van der Waals surface area contributed by atoms with Gasteiger partial charge in [0.05, 0.1) is 0 Å². The maximum Gasteiger partial charge on any atom is 0.236 e. The second-order valence-electron chi connectivity index (χ2n) is 0.967. The molecule has 0 aliphatic rings. The third-order valence-corrected chi connectivity index (χ3v) is 0.426. The fourth-order valence-corrected chi connectivity index (χ4v) is 0.196. The Labute approximate surface area is 48.2 Å². The Hall–Kier alpha value is -1.11. The molecular weight excluding hydrogens is 103 g/mol. The summed E-state index contributed by atoms with van der Waals surface area (Å²) in [6.07, 6.45) is 1.35. The van der Waals surface area contributed by atoms with Crippen molar-refractivity contribution in [1.82, 2.24) is 0 Å². The summed E-state index contributed by atoms with van der Waals surface area (Å²) < 4.78 is 0. The van der Waals surface area contributed by atoms with Crippen LogP contribution in [0.5, 0.6) is 0 Å². The average molecular weight is 108 g/mol. The van der Waals surface area contributed by atoms with Crippen molar-refractivity contribution in [3.63, 3.8) is 0 Å². The van der Waals surface area contributed by atoms with Gasteiger partial charge in [0.15, 0.2) is 6.67 Å². The Morgan fingerprint density at radius 3 is 2.88 bits per heavy atom. The van der Waals surface area contributed by atoms with Crippen LogP contribution in [0.3, 0.4) is 0 Å². The smallest absolute Gasteiger partial charge is 0.220 e. The largest absolute Gasteiger partial charge is 0.236 e. The Morgan fingerprint density at radius 2 is 2.38 bits per heavy atom. The van der Waals surface area contributed by atoms with Gasteiger partial charge in [-0.15, -0.1) is 0 Å². The SMILES string of the molecule is BC=C=NCN=C=O. The third kappa shape index (κ3) is 4.89. The highest BCUT2D eigenvalue weighted by Gasteiger charge is 1.62. The Morgan fingerprint density at radius 1 is 1.62 bits per heavy atom. The molecule has 0 amide bonds. The zero-order valence-corrected chi connectivity index (χ0v) is 4.59. The number of isocyanates is 1. The molecule has 0 rings (SSSR count). The first-order chi connectivity index (χ1) is 3.91. The molecular formula is C4H5BN2O. The monoisotopic (exact) mass is 108 g/mol. The highest BCUT2D eigenvalue weighted by molar-refractivity contribution is 6.21. The zero-order chi connectivity index (χ0) is 6.24. The van der Waals surface area contributed by atoms with Gasteiger partial charge in [0.1, 0.15) is 7.85 Å². The lowest BCUT2D eigenvalue weighted by molar-refractivity contribution is 0.563. The minimum absolute atomic E-state index is 0.133. The van der Waals surface area contributed by atoms with Crippen LogP contribution in [0, 0.1) is 0 Å². The predicted molar refractivity (Wildman–Crippen MR) is 33.5 cm³/mol. The van der Waals surface area contributed by atoms with Gasteiger partial charge in [-0.3, -0.25) is 0 Å². The van der Waals surface area contributed by atoms with Crippen molar-refractivity contribution < 1.29 is 4.79 Å². The van der Waals surface area contributed by atoms with E-state index in [0.29, 0.717) is 0 Å². The molecule has 0 N–H and O–H groups in total. The van der Waals surface area contributed by atoms with Gasteiger partial charge in [-0.2, -0.15) is 4.99 Å². The highest BCUT2D eigenvalue weighted by atomic mass is 16.1. The average Bonchev–Trinajstić information content (AvgIpc) is 1.81. The van der Waals surface area contributed by atoms with Gasteiger partial charge < -0.3 is 0 Å². The molecule has 4 heteroatoms. The van der Waals surface area contributed by atoms with E-state index in [1.54, 1.807) is 13.8 Å². The summed E-state index contributed by atoms with van der Waals surface area (Å²) in [5, 5.41) is 0. The number of rotatable bonds is 2. The van der Waals surface area contributed by atoms with E-state index in [2.05, 4.69) is 15.9 Å². The zero-order valence-electron chi connectivity index (χ0n) is 4.59. The van der Waals surface area contributed by atoms with Crippen molar-refractivity contribution >= 4 is 19.8 Å². The van der Waals surface area contributed by atoms with Crippen LogP contribution < -0.4 is 0 Å². The van der Waals surface area contributed by atoms with Crippen molar-refractivity contribution in [2.24, 2.45) is 9.98 Å². The first-order valence-corrected chi connectivity index (χ1v) is 2.15. The van der Waals surface area contributed by atoms with Crippen molar-refractivity contribution in [2.45, 2.75) is 0 Å². The van der Waals surface area contributed by atoms with Gasteiger partial charge in [-0.1, -0.05) is 5.98 Å². The minimum Gasteiger partial charge on any atom is -0.220 e. The lowest BCUT2D eigenvalue weighted by atomic mass is 10.2. The summed E-state index contributed by atoms with van der Waals surface area (Å²) >= 11 is 0. The molecule has 0 saturated carbocycles. The van der Waals surface area contributed by atoms with Gasteiger partial charge in [0, 0.05) is 0 Å². The molecule has 0 radical (unpaired) electrons. The molecule has 0 spiro atoms. The minimum atomic E-state index is 0.133. The second kappa shape index (κ2) is 5.89. The Kier molecular flexibility index (Phi) is 5.08. The quantitative estimate of drug-likeness (QED) is 0.256. The molecule has 0 aliphatic heterocycles. The molecule has 0 aliphatic carbocycles. The van der Waals surface area contributed by atoms with E-state index in [4.69, 9.17) is 0 Å². The van der Waals surface area contributed by atoms with E-state index in [1.165, 1.54) is 6.08 Å². The number of hydrogen-bond acceptors (Lipinski definition) is 3. The lowest BCUT2D eigenvalue weighted by Gasteiger charge is -1.67. The van der Waals surface area contributed by atoms with Gasteiger partial charge in [0.25, 0.3) is 0 Å². The van der Waals surface area contributed by atoms with E-state index in [1.807, 2.05) is 0 Å². The molecule has 0 aromatic heterocycles. The molecule has 0 saturated heterocycles. The van der Waals surface area contributed by atoms with Gasteiger partial charge >= 0.3 is 0 Å². The summed E-state index contributed by atoms with van der Waals surface area (Å²) in [4.78, 5) is 16.1. The van der Waals surface area contributed by atoms with Gasteiger partial charge in [0.2, 0.25) is 6.08 Å². The number of aliphatic imine (C=N–C) groups is 2. The predicted octanol–water partition coefficient (Wildman–Crippen LogP) is -0.904. The van der Waals surface area contributed by atoms with E-state index in [0.717, 1.165) is 0 Å². The first kappa shape index (κ1) is 6.89. The van der Waals surface area contributed by atoms with Crippen LogP contribution in [-0.2, 0) is 4.79 Å². The lowest BCUT2D eigenvalue weighted by Crippen LogP contribution is -1.68. The maximum absolute atomic E-state index is 9.38. The van der Waals surface area contributed by atoms with Crippen molar-refractivity contribution in [3.05, 3.63) is 5.98 Å². The molecule has 0 bridgehead atoms. The molecule has 0 fully saturated rings. The summed E-state index contributed by atoms with van der Waals surface area (Å²) in [5.74, 6) is 4.15. The van der Waals surface area contributed by atoms with E-state index in [9.17, 15) is 4.79 Å². The summed E-state index contributed by atoms with van der Waals surface area (Å²) in [5.41, 5.74) is 0. The van der Waals surface area contributed by atoms with Crippen LogP contribution in [-0.4, -0.2) is 26.5 Å². The third-order valence-electron chi connectivity index (χ3n) is 0.426. The van der Waals surface area contributed by atoms with Crippen LogP contribution in [0.2, 0.25) is 0 Å². The standard InChI is InChI=1S/C4H5BN2O/c5-1-2-6-3-7-4-8/h1H,3,5H2. The highest BCUT2D eigenvalue weighted by Crippen LogP contribution is 1.62. The van der Waals surface area contributed by atoms with Crippen LogP contribution in [0.1, 0.15) is 0 Å². The van der Waals surface area contributed by atoms with E-state index >= 15 is 0 Å². The Bertz CT molecular complexity index is 153. The molecule has 40 valence electrons. The molecule has 3 nitrogen and oxygen atoms in total. The van der Waals surface area contributed by atoms with Crippen LogP contribution in [0.15, 0.2) is 16.0 Å². The van der Waals surface area contributed by atoms with Gasteiger partial charge in [-0.05, 0) is 5.87 Å². The molecule has 8 heavy (non-hydrogen) atoms. The number of hydrogen-bond donors (Lipinski definition) is 0. The fraction of sp³-hybridized carbons (Fsp3) is 0.250. The van der Waals surface area contributed by atoms with Crippen LogP contribution in [0.4, 0.5) is 0 Å². The second-order valence-corrected chi connectivity index (χ2v) is 0.967. The van der Waals surface area contributed by atoms with Crippen molar-refractivity contribution in [3.8, 4) is 0 Å².